The van der Waals surface area contributed by atoms with Crippen molar-refractivity contribution in [1.82, 2.24) is 15.8 Å². The molecular formula is C18H26N4O. The molecule has 0 aliphatic carbocycles. The summed E-state index contributed by atoms with van der Waals surface area (Å²) in [5.74, 6) is 1.60. The fourth-order valence-corrected chi connectivity index (χ4v) is 2.31. The summed E-state index contributed by atoms with van der Waals surface area (Å²) in [5.41, 5.74) is 4.75. The molecule has 5 nitrogen and oxygen atoms in total. The molecule has 0 saturated carbocycles. The third-order valence-corrected chi connectivity index (χ3v) is 3.65. The lowest BCUT2D eigenvalue weighted by molar-refractivity contribution is 0.374. The Labute approximate surface area is 138 Å². The Morgan fingerprint density at radius 3 is 2.65 bits per heavy atom. The van der Waals surface area contributed by atoms with Crippen molar-refractivity contribution in [2.75, 3.05) is 6.54 Å². The molecular weight excluding hydrogens is 288 g/mol. The van der Waals surface area contributed by atoms with Crippen LogP contribution in [-0.2, 0) is 19.5 Å². The molecule has 0 saturated heterocycles. The second kappa shape index (κ2) is 8.36. The van der Waals surface area contributed by atoms with Crippen molar-refractivity contribution in [3.63, 3.8) is 0 Å². The van der Waals surface area contributed by atoms with Crippen LogP contribution in [0.5, 0.6) is 0 Å². The van der Waals surface area contributed by atoms with Crippen molar-refractivity contribution in [2.45, 2.75) is 47.2 Å². The van der Waals surface area contributed by atoms with Crippen LogP contribution >= 0.6 is 0 Å². The number of hydrogen-bond donors (Lipinski definition) is 2. The zero-order valence-corrected chi connectivity index (χ0v) is 14.4. The Kier molecular flexibility index (Phi) is 6.20. The van der Waals surface area contributed by atoms with E-state index < -0.39 is 0 Å². The van der Waals surface area contributed by atoms with Gasteiger partial charge in [-0.25, -0.2) is 4.99 Å². The van der Waals surface area contributed by atoms with E-state index in [-0.39, 0.29) is 0 Å². The monoisotopic (exact) mass is 314 g/mol. The fraction of sp³-hybridized carbons (Fsp3) is 0.444. The summed E-state index contributed by atoms with van der Waals surface area (Å²) in [7, 11) is 0. The molecule has 0 unspecified atom stereocenters. The Balaban J connectivity index is 1.98. The van der Waals surface area contributed by atoms with Gasteiger partial charge in [-0.15, -0.1) is 0 Å². The van der Waals surface area contributed by atoms with E-state index >= 15 is 0 Å². The number of hydrogen-bond acceptors (Lipinski definition) is 3. The molecule has 2 N–H and O–H groups in total. The molecule has 0 aliphatic heterocycles. The molecule has 2 aromatic rings. The number of benzene rings is 1. The van der Waals surface area contributed by atoms with E-state index in [1.165, 1.54) is 16.7 Å². The zero-order chi connectivity index (χ0) is 16.7. The van der Waals surface area contributed by atoms with Crippen LogP contribution in [0.15, 0.2) is 33.8 Å². The summed E-state index contributed by atoms with van der Waals surface area (Å²) < 4.78 is 5.28. The summed E-state index contributed by atoms with van der Waals surface area (Å²) in [6.45, 7) is 10.4. The largest absolute Gasteiger partial charge is 0.359 e. The van der Waals surface area contributed by atoms with E-state index in [4.69, 9.17) is 4.52 Å². The minimum Gasteiger partial charge on any atom is -0.359 e. The SMILES string of the molecule is CCNC(=NCc1ccc(C)cc1C)NCc1cc(CC)no1. The third-order valence-electron chi connectivity index (χ3n) is 3.65. The van der Waals surface area contributed by atoms with Crippen LogP contribution in [0.1, 0.15) is 42.0 Å². The van der Waals surface area contributed by atoms with Gasteiger partial charge in [-0.3, -0.25) is 0 Å². The molecule has 0 amide bonds. The lowest BCUT2D eigenvalue weighted by Gasteiger charge is -2.10. The average molecular weight is 314 g/mol. The first kappa shape index (κ1) is 17.1. The topological polar surface area (TPSA) is 62.5 Å². The minimum absolute atomic E-state index is 0.575. The Hall–Kier alpha value is -2.30. The van der Waals surface area contributed by atoms with Crippen molar-refractivity contribution in [1.29, 1.82) is 0 Å². The third kappa shape index (κ3) is 5.13. The maximum atomic E-state index is 5.28. The van der Waals surface area contributed by atoms with Gasteiger partial charge < -0.3 is 15.2 Å². The molecule has 0 atom stereocenters. The second-order valence-corrected chi connectivity index (χ2v) is 5.62. The predicted molar refractivity (Wildman–Crippen MR) is 93.5 cm³/mol. The smallest absolute Gasteiger partial charge is 0.191 e. The van der Waals surface area contributed by atoms with Gasteiger partial charge in [0.1, 0.15) is 0 Å². The lowest BCUT2D eigenvalue weighted by atomic mass is 10.1. The van der Waals surface area contributed by atoms with Gasteiger partial charge in [0, 0.05) is 12.6 Å². The van der Waals surface area contributed by atoms with Crippen molar-refractivity contribution in [2.24, 2.45) is 4.99 Å². The zero-order valence-electron chi connectivity index (χ0n) is 14.4. The summed E-state index contributed by atoms with van der Waals surface area (Å²) >= 11 is 0. The minimum atomic E-state index is 0.575. The van der Waals surface area contributed by atoms with Crippen LogP contribution in [0.25, 0.3) is 0 Å². The number of aliphatic imine (C=N–C) groups is 1. The van der Waals surface area contributed by atoms with E-state index in [0.717, 1.165) is 30.4 Å². The summed E-state index contributed by atoms with van der Waals surface area (Å²) in [4.78, 5) is 4.65. The average Bonchev–Trinajstić information content (AvgIpc) is 2.99. The van der Waals surface area contributed by atoms with Gasteiger partial charge >= 0.3 is 0 Å². The van der Waals surface area contributed by atoms with E-state index in [1.54, 1.807) is 0 Å². The Morgan fingerprint density at radius 1 is 1.17 bits per heavy atom. The molecule has 0 radical (unpaired) electrons. The highest BCUT2D eigenvalue weighted by molar-refractivity contribution is 5.79. The van der Waals surface area contributed by atoms with Crippen LogP contribution in [0, 0.1) is 13.8 Å². The molecule has 0 spiro atoms. The van der Waals surface area contributed by atoms with Crippen LogP contribution in [0.3, 0.4) is 0 Å². The van der Waals surface area contributed by atoms with Crippen LogP contribution in [0.4, 0.5) is 0 Å². The van der Waals surface area contributed by atoms with E-state index in [0.29, 0.717) is 13.1 Å². The molecule has 1 aromatic heterocycles. The lowest BCUT2D eigenvalue weighted by Crippen LogP contribution is -2.36. The number of nitrogens with one attached hydrogen (secondary N) is 2. The van der Waals surface area contributed by atoms with Crippen molar-refractivity contribution in [3.05, 3.63) is 52.4 Å². The molecule has 2 rings (SSSR count). The summed E-state index contributed by atoms with van der Waals surface area (Å²) in [6, 6.07) is 8.42. The van der Waals surface area contributed by atoms with Crippen LogP contribution < -0.4 is 10.6 Å². The molecule has 1 heterocycles. The maximum Gasteiger partial charge on any atom is 0.191 e. The highest BCUT2D eigenvalue weighted by Gasteiger charge is 2.04. The number of aryl methyl sites for hydroxylation is 3. The first-order valence-corrected chi connectivity index (χ1v) is 8.15. The predicted octanol–water partition coefficient (Wildman–Crippen LogP) is 3.11. The molecule has 0 fully saturated rings. The van der Waals surface area contributed by atoms with Crippen molar-refractivity contribution >= 4 is 5.96 Å². The first-order chi connectivity index (χ1) is 11.1. The standard InChI is InChI=1S/C18H26N4O/c1-5-16-10-17(23-22-16)12-21-18(19-6-2)20-11-15-8-7-13(3)9-14(15)4/h7-10H,5-6,11-12H2,1-4H3,(H2,19,20,21). The molecule has 1 aromatic carbocycles. The highest BCUT2D eigenvalue weighted by Crippen LogP contribution is 2.11. The number of guanidine groups is 1. The van der Waals surface area contributed by atoms with Gasteiger partial charge in [0.2, 0.25) is 0 Å². The van der Waals surface area contributed by atoms with Gasteiger partial charge in [0.05, 0.1) is 18.8 Å². The summed E-state index contributed by atoms with van der Waals surface area (Å²) in [5, 5.41) is 10.5. The quantitative estimate of drug-likeness (QED) is 0.635. The van der Waals surface area contributed by atoms with Gasteiger partial charge in [0.15, 0.2) is 11.7 Å². The molecule has 124 valence electrons. The number of nitrogens with zero attached hydrogens (tertiary/aromatic N) is 2. The van der Waals surface area contributed by atoms with Crippen molar-refractivity contribution < 1.29 is 4.52 Å². The first-order valence-electron chi connectivity index (χ1n) is 8.15. The van der Waals surface area contributed by atoms with Gasteiger partial charge in [0.25, 0.3) is 0 Å². The number of rotatable bonds is 6. The van der Waals surface area contributed by atoms with Gasteiger partial charge in [-0.05, 0) is 38.3 Å². The number of aromatic nitrogens is 1. The summed E-state index contributed by atoms with van der Waals surface area (Å²) in [6.07, 6.45) is 0.879. The fourth-order valence-electron chi connectivity index (χ4n) is 2.31. The highest BCUT2D eigenvalue weighted by atomic mass is 16.5. The second-order valence-electron chi connectivity index (χ2n) is 5.62. The normalized spacial score (nSPS) is 11.6. The van der Waals surface area contributed by atoms with E-state index in [9.17, 15) is 0 Å². The molecule has 23 heavy (non-hydrogen) atoms. The van der Waals surface area contributed by atoms with Gasteiger partial charge in [-0.2, -0.15) is 0 Å². The Morgan fingerprint density at radius 2 is 2.00 bits per heavy atom. The molecule has 5 heteroatoms. The van der Waals surface area contributed by atoms with E-state index in [2.05, 4.69) is 66.7 Å². The maximum absolute atomic E-state index is 5.28. The molecule has 0 bridgehead atoms. The van der Waals surface area contributed by atoms with Crippen molar-refractivity contribution in [3.8, 4) is 0 Å². The Bertz CT molecular complexity index is 661. The van der Waals surface area contributed by atoms with Crippen LogP contribution in [0.2, 0.25) is 0 Å². The van der Waals surface area contributed by atoms with E-state index in [1.807, 2.05) is 6.07 Å². The molecule has 0 aliphatic rings. The van der Waals surface area contributed by atoms with Gasteiger partial charge in [-0.1, -0.05) is 35.8 Å². The van der Waals surface area contributed by atoms with Crippen LogP contribution in [-0.4, -0.2) is 17.7 Å².